The highest BCUT2D eigenvalue weighted by Crippen LogP contribution is 2.39. The van der Waals surface area contributed by atoms with Crippen LogP contribution in [0, 0.1) is 5.41 Å². The second-order valence-electron chi connectivity index (χ2n) is 6.64. The van der Waals surface area contributed by atoms with E-state index in [9.17, 15) is 4.79 Å². The van der Waals surface area contributed by atoms with Gasteiger partial charge in [0.2, 0.25) is 5.91 Å². The lowest BCUT2D eigenvalue weighted by Gasteiger charge is -2.33. The van der Waals surface area contributed by atoms with Crippen LogP contribution in [0.3, 0.4) is 0 Å². The van der Waals surface area contributed by atoms with Crippen molar-refractivity contribution in [3.8, 4) is 0 Å². The number of hydrogen-bond acceptors (Lipinski definition) is 3. The Morgan fingerprint density at radius 3 is 2.58 bits per heavy atom. The van der Waals surface area contributed by atoms with Crippen molar-refractivity contribution in [3.63, 3.8) is 0 Å². The van der Waals surface area contributed by atoms with Crippen LogP contribution in [-0.4, -0.2) is 61.5 Å². The molecule has 3 aliphatic rings. The first-order valence-electron chi connectivity index (χ1n) is 7.98. The summed E-state index contributed by atoms with van der Waals surface area (Å²) in [4.78, 5) is 16.8. The highest BCUT2D eigenvalue weighted by atomic mass is 16.2. The SMILES string of the molecule is O=C1CC2(CCNCC2)CN1CCCN1CCCC1. The highest BCUT2D eigenvalue weighted by molar-refractivity contribution is 5.79. The fourth-order valence-electron chi connectivity index (χ4n) is 3.97. The van der Waals surface area contributed by atoms with Gasteiger partial charge < -0.3 is 15.1 Å². The zero-order chi connectivity index (χ0) is 13.1. The fraction of sp³-hybridized carbons (Fsp3) is 0.933. The molecule has 0 aliphatic carbocycles. The van der Waals surface area contributed by atoms with Gasteiger partial charge in [-0.25, -0.2) is 0 Å². The Hall–Kier alpha value is -0.610. The van der Waals surface area contributed by atoms with E-state index in [4.69, 9.17) is 0 Å². The van der Waals surface area contributed by atoms with Gasteiger partial charge in [-0.1, -0.05) is 0 Å². The van der Waals surface area contributed by atoms with Crippen LogP contribution in [0.15, 0.2) is 0 Å². The average Bonchev–Trinajstić information content (AvgIpc) is 3.00. The summed E-state index contributed by atoms with van der Waals surface area (Å²) in [6.07, 6.45) is 7.04. The third kappa shape index (κ3) is 3.11. The standard InChI is InChI=1S/C15H27N3O/c19-14-12-15(4-6-16-7-5-15)13-18(14)11-3-10-17-8-1-2-9-17/h16H,1-13H2. The molecule has 0 bridgehead atoms. The van der Waals surface area contributed by atoms with Crippen molar-refractivity contribution in [2.75, 3.05) is 45.8 Å². The van der Waals surface area contributed by atoms with E-state index in [2.05, 4.69) is 15.1 Å². The molecule has 0 aromatic rings. The van der Waals surface area contributed by atoms with E-state index >= 15 is 0 Å². The number of piperidine rings is 1. The van der Waals surface area contributed by atoms with Gasteiger partial charge in [-0.05, 0) is 70.2 Å². The van der Waals surface area contributed by atoms with Crippen molar-refractivity contribution in [1.82, 2.24) is 15.1 Å². The van der Waals surface area contributed by atoms with Crippen LogP contribution in [0.5, 0.6) is 0 Å². The van der Waals surface area contributed by atoms with Crippen molar-refractivity contribution >= 4 is 5.91 Å². The minimum Gasteiger partial charge on any atom is -0.342 e. The number of amides is 1. The molecule has 0 aromatic carbocycles. The lowest BCUT2D eigenvalue weighted by atomic mass is 9.78. The Labute approximate surface area is 116 Å². The van der Waals surface area contributed by atoms with E-state index in [1.54, 1.807) is 0 Å². The molecule has 1 N–H and O–H groups in total. The molecule has 1 spiro atoms. The Bertz CT molecular complexity index is 319. The summed E-state index contributed by atoms with van der Waals surface area (Å²) in [5.74, 6) is 0.406. The number of rotatable bonds is 4. The largest absolute Gasteiger partial charge is 0.342 e. The zero-order valence-electron chi connectivity index (χ0n) is 12.0. The Balaban J connectivity index is 1.44. The van der Waals surface area contributed by atoms with Gasteiger partial charge >= 0.3 is 0 Å². The average molecular weight is 265 g/mol. The van der Waals surface area contributed by atoms with E-state index < -0.39 is 0 Å². The molecule has 3 fully saturated rings. The van der Waals surface area contributed by atoms with Gasteiger partial charge in [0.15, 0.2) is 0 Å². The Morgan fingerprint density at radius 1 is 1.11 bits per heavy atom. The summed E-state index contributed by atoms with van der Waals surface area (Å²) in [5, 5.41) is 3.41. The maximum atomic E-state index is 12.2. The molecule has 3 aliphatic heterocycles. The molecule has 0 aromatic heterocycles. The maximum absolute atomic E-state index is 12.2. The van der Waals surface area contributed by atoms with E-state index in [1.807, 2.05) is 0 Å². The maximum Gasteiger partial charge on any atom is 0.223 e. The first kappa shape index (κ1) is 13.4. The number of carbonyl (C=O) groups is 1. The number of carbonyl (C=O) groups excluding carboxylic acids is 1. The summed E-state index contributed by atoms with van der Waals surface area (Å²) < 4.78 is 0. The van der Waals surface area contributed by atoms with Gasteiger partial charge in [0.05, 0.1) is 0 Å². The third-order valence-electron chi connectivity index (χ3n) is 5.17. The van der Waals surface area contributed by atoms with Crippen LogP contribution < -0.4 is 5.32 Å². The summed E-state index contributed by atoms with van der Waals surface area (Å²) in [6, 6.07) is 0. The predicted molar refractivity (Wildman–Crippen MR) is 76.0 cm³/mol. The molecule has 3 saturated heterocycles. The topological polar surface area (TPSA) is 35.6 Å². The van der Waals surface area contributed by atoms with Crippen LogP contribution in [-0.2, 0) is 4.79 Å². The van der Waals surface area contributed by atoms with Gasteiger partial charge in [-0.2, -0.15) is 0 Å². The van der Waals surface area contributed by atoms with E-state index in [-0.39, 0.29) is 0 Å². The number of nitrogens with one attached hydrogen (secondary N) is 1. The minimum atomic E-state index is 0.315. The normalized spacial score (nSPS) is 27.6. The smallest absolute Gasteiger partial charge is 0.223 e. The van der Waals surface area contributed by atoms with Crippen LogP contribution in [0.1, 0.15) is 38.5 Å². The second kappa shape index (κ2) is 5.80. The van der Waals surface area contributed by atoms with Gasteiger partial charge in [0.1, 0.15) is 0 Å². The third-order valence-corrected chi connectivity index (χ3v) is 5.17. The first-order valence-corrected chi connectivity index (χ1v) is 7.98. The van der Waals surface area contributed by atoms with Crippen molar-refractivity contribution in [2.45, 2.75) is 38.5 Å². The molecule has 1 amide bonds. The molecule has 19 heavy (non-hydrogen) atoms. The molecular weight excluding hydrogens is 238 g/mol. The number of hydrogen-bond donors (Lipinski definition) is 1. The van der Waals surface area contributed by atoms with E-state index in [0.29, 0.717) is 11.3 Å². The van der Waals surface area contributed by atoms with Gasteiger partial charge in [0, 0.05) is 19.5 Å². The van der Waals surface area contributed by atoms with Gasteiger partial charge in [0.25, 0.3) is 0 Å². The van der Waals surface area contributed by atoms with Crippen molar-refractivity contribution in [1.29, 1.82) is 0 Å². The van der Waals surface area contributed by atoms with Crippen molar-refractivity contribution in [2.24, 2.45) is 5.41 Å². The van der Waals surface area contributed by atoms with Crippen LogP contribution in [0.4, 0.5) is 0 Å². The van der Waals surface area contributed by atoms with Crippen molar-refractivity contribution in [3.05, 3.63) is 0 Å². The molecular formula is C15H27N3O. The van der Waals surface area contributed by atoms with E-state index in [1.165, 1.54) is 45.3 Å². The molecule has 108 valence electrons. The van der Waals surface area contributed by atoms with E-state index in [0.717, 1.165) is 39.0 Å². The monoisotopic (exact) mass is 265 g/mol. The summed E-state index contributed by atoms with van der Waals surface area (Å²) in [5.41, 5.74) is 0.315. The predicted octanol–water partition coefficient (Wildman–Crippen LogP) is 1.07. The van der Waals surface area contributed by atoms with Gasteiger partial charge in [-0.15, -0.1) is 0 Å². The van der Waals surface area contributed by atoms with Crippen LogP contribution in [0.25, 0.3) is 0 Å². The molecule has 0 unspecified atom stereocenters. The Morgan fingerprint density at radius 2 is 1.84 bits per heavy atom. The molecule has 4 nitrogen and oxygen atoms in total. The zero-order valence-corrected chi connectivity index (χ0v) is 12.0. The lowest BCUT2D eigenvalue weighted by molar-refractivity contribution is -0.127. The number of nitrogens with zero attached hydrogens (tertiary/aromatic N) is 2. The fourth-order valence-corrected chi connectivity index (χ4v) is 3.97. The van der Waals surface area contributed by atoms with Gasteiger partial charge in [-0.3, -0.25) is 4.79 Å². The van der Waals surface area contributed by atoms with Crippen molar-refractivity contribution < 1.29 is 4.79 Å². The first-order chi connectivity index (χ1) is 9.27. The highest BCUT2D eigenvalue weighted by Gasteiger charge is 2.43. The quantitative estimate of drug-likeness (QED) is 0.826. The lowest BCUT2D eigenvalue weighted by Crippen LogP contribution is -2.39. The summed E-state index contributed by atoms with van der Waals surface area (Å²) >= 11 is 0. The second-order valence-corrected chi connectivity index (χ2v) is 6.64. The summed E-state index contributed by atoms with van der Waals surface area (Å²) in [7, 11) is 0. The molecule has 3 rings (SSSR count). The summed E-state index contributed by atoms with van der Waals surface area (Å²) in [6.45, 7) is 7.90. The Kier molecular flexibility index (Phi) is 4.08. The number of likely N-dealkylation sites (tertiary alicyclic amines) is 2. The van der Waals surface area contributed by atoms with Crippen LogP contribution >= 0.6 is 0 Å². The molecule has 0 radical (unpaired) electrons. The molecule has 3 heterocycles. The molecule has 0 atom stereocenters. The molecule has 4 heteroatoms. The molecule has 0 saturated carbocycles. The minimum absolute atomic E-state index is 0.315. The van der Waals surface area contributed by atoms with Crippen LogP contribution in [0.2, 0.25) is 0 Å².